The molecule has 0 spiro atoms. The highest BCUT2D eigenvalue weighted by Gasteiger charge is 2.33. The van der Waals surface area contributed by atoms with Crippen LogP contribution in [-0.4, -0.2) is 19.0 Å². The van der Waals surface area contributed by atoms with Crippen molar-refractivity contribution in [2.75, 3.05) is 13.2 Å². The second kappa shape index (κ2) is 4.89. The Morgan fingerprint density at radius 2 is 1.47 bits per heavy atom. The van der Waals surface area contributed by atoms with Crippen molar-refractivity contribution in [3.8, 4) is 0 Å². The molecule has 0 unspecified atom stereocenters. The SMILES string of the molecule is CC(C)(C)CC(C)(C)CC1COC(C)(C)OC1. The highest BCUT2D eigenvalue weighted by molar-refractivity contribution is 4.80. The number of hydrogen-bond acceptors (Lipinski definition) is 2. The van der Waals surface area contributed by atoms with E-state index in [1.807, 2.05) is 13.8 Å². The molecule has 1 fully saturated rings. The van der Waals surface area contributed by atoms with Crippen molar-refractivity contribution in [2.24, 2.45) is 16.7 Å². The first-order chi connectivity index (χ1) is 7.49. The molecule has 1 aliphatic heterocycles. The van der Waals surface area contributed by atoms with Crippen molar-refractivity contribution in [3.05, 3.63) is 0 Å². The molecular formula is C15H30O2. The Balaban J connectivity index is 2.44. The van der Waals surface area contributed by atoms with Crippen molar-refractivity contribution in [1.29, 1.82) is 0 Å². The van der Waals surface area contributed by atoms with E-state index in [9.17, 15) is 0 Å². The fraction of sp³-hybridized carbons (Fsp3) is 1.00. The highest BCUT2D eigenvalue weighted by atomic mass is 16.7. The molecule has 1 heterocycles. The average molecular weight is 242 g/mol. The minimum Gasteiger partial charge on any atom is -0.350 e. The topological polar surface area (TPSA) is 18.5 Å². The van der Waals surface area contributed by atoms with E-state index >= 15 is 0 Å². The van der Waals surface area contributed by atoms with E-state index in [0.29, 0.717) is 16.7 Å². The molecule has 0 amide bonds. The van der Waals surface area contributed by atoms with Gasteiger partial charge in [0.15, 0.2) is 5.79 Å². The fourth-order valence-corrected chi connectivity index (χ4v) is 3.13. The number of hydrogen-bond donors (Lipinski definition) is 0. The highest BCUT2D eigenvalue weighted by Crippen LogP contribution is 2.39. The first-order valence-corrected chi connectivity index (χ1v) is 6.77. The molecule has 2 heteroatoms. The summed E-state index contributed by atoms with van der Waals surface area (Å²) in [5, 5.41) is 0. The van der Waals surface area contributed by atoms with E-state index in [2.05, 4.69) is 34.6 Å². The Morgan fingerprint density at radius 3 is 1.88 bits per heavy atom. The monoisotopic (exact) mass is 242 g/mol. The Bertz CT molecular complexity index is 238. The molecule has 0 bridgehead atoms. The summed E-state index contributed by atoms with van der Waals surface area (Å²) in [6, 6.07) is 0. The Kier molecular flexibility index (Phi) is 4.31. The van der Waals surface area contributed by atoms with Crippen LogP contribution in [0, 0.1) is 16.7 Å². The third-order valence-corrected chi connectivity index (χ3v) is 3.18. The van der Waals surface area contributed by atoms with Crippen molar-refractivity contribution < 1.29 is 9.47 Å². The first-order valence-electron chi connectivity index (χ1n) is 6.77. The summed E-state index contributed by atoms with van der Waals surface area (Å²) in [6.45, 7) is 17.3. The van der Waals surface area contributed by atoms with E-state index in [1.165, 1.54) is 12.8 Å². The molecule has 102 valence electrons. The number of ether oxygens (including phenoxy) is 2. The summed E-state index contributed by atoms with van der Waals surface area (Å²) < 4.78 is 11.5. The standard InChI is InChI=1S/C15H30O2/c1-13(2,3)11-14(4,5)8-12-9-16-15(6,7)17-10-12/h12H,8-11H2,1-7H3. The van der Waals surface area contributed by atoms with Gasteiger partial charge in [-0.3, -0.25) is 0 Å². The Hall–Kier alpha value is -0.0800. The van der Waals surface area contributed by atoms with Crippen molar-refractivity contribution >= 4 is 0 Å². The molecule has 0 aliphatic carbocycles. The third-order valence-electron chi connectivity index (χ3n) is 3.18. The Morgan fingerprint density at radius 1 is 1.00 bits per heavy atom. The van der Waals surface area contributed by atoms with Crippen molar-refractivity contribution in [1.82, 2.24) is 0 Å². The van der Waals surface area contributed by atoms with E-state index in [4.69, 9.17) is 9.47 Å². The van der Waals surface area contributed by atoms with Gasteiger partial charge in [-0.05, 0) is 37.5 Å². The lowest BCUT2D eigenvalue weighted by Gasteiger charge is -2.40. The largest absolute Gasteiger partial charge is 0.350 e. The number of rotatable bonds is 3. The zero-order valence-corrected chi connectivity index (χ0v) is 12.7. The zero-order chi connectivity index (χ0) is 13.3. The van der Waals surface area contributed by atoms with Gasteiger partial charge in [-0.15, -0.1) is 0 Å². The van der Waals surface area contributed by atoms with Crippen LogP contribution in [0.4, 0.5) is 0 Å². The van der Waals surface area contributed by atoms with E-state index in [1.54, 1.807) is 0 Å². The van der Waals surface area contributed by atoms with Crippen LogP contribution in [0.15, 0.2) is 0 Å². The molecule has 0 aromatic rings. The van der Waals surface area contributed by atoms with Crippen LogP contribution in [-0.2, 0) is 9.47 Å². The van der Waals surface area contributed by atoms with Gasteiger partial charge in [-0.25, -0.2) is 0 Å². The van der Waals surface area contributed by atoms with Gasteiger partial charge in [0, 0.05) is 5.92 Å². The lowest BCUT2D eigenvalue weighted by molar-refractivity contribution is -0.265. The quantitative estimate of drug-likeness (QED) is 0.737. The molecule has 0 radical (unpaired) electrons. The van der Waals surface area contributed by atoms with Gasteiger partial charge in [0.2, 0.25) is 0 Å². The van der Waals surface area contributed by atoms with Gasteiger partial charge >= 0.3 is 0 Å². The second-order valence-corrected chi connectivity index (χ2v) is 7.99. The first kappa shape index (κ1) is 15.0. The summed E-state index contributed by atoms with van der Waals surface area (Å²) in [5.74, 6) is 0.158. The smallest absolute Gasteiger partial charge is 0.162 e. The van der Waals surface area contributed by atoms with Crippen LogP contribution in [0.1, 0.15) is 61.3 Å². The van der Waals surface area contributed by atoms with Gasteiger partial charge in [0.05, 0.1) is 13.2 Å². The average Bonchev–Trinajstić information content (AvgIpc) is 2.04. The molecular weight excluding hydrogens is 212 g/mol. The molecule has 1 aliphatic rings. The van der Waals surface area contributed by atoms with Gasteiger partial charge < -0.3 is 9.47 Å². The maximum absolute atomic E-state index is 5.73. The van der Waals surface area contributed by atoms with E-state index < -0.39 is 0 Å². The minimum atomic E-state index is -0.384. The third kappa shape index (κ3) is 5.87. The molecule has 17 heavy (non-hydrogen) atoms. The van der Waals surface area contributed by atoms with Crippen molar-refractivity contribution in [2.45, 2.75) is 67.1 Å². The summed E-state index contributed by atoms with van der Waals surface area (Å²) in [5.41, 5.74) is 0.746. The fourth-order valence-electron chi connectivity index (χ4n) is 3.13. The predicted octanol–water partition coefficient (Wildman–Crippen LogP) is 4.24. The molecule has 0 N–H and O–H groups in total. The molecule has 0 aromatic heterocycles. The van der Waals surface area contributed by atoms with Gasteiger partial charge in [-0.1, -0.05) is 34.6 Å². The normalized spacial score (nSPS) is 22.8. The summed E-state index contributed by atoms with van der Waals surface area (Å²) in [4.78, 5) is 0. The maximum atomic E-state index is 5.73. The van der Waals surface area contributed by atoms with E-state index in [0.717, 1.165) is 13.2 Å². The second-order valence-electron chi connectivity index (χ2n) is 7.99. The summed E-state index contributed by atoms with van der Waals surface area (Å²) in [6.07, 6.45) is 2.42. The lowest BCUT2D eigenvalue weighted by Crippen LogP contribution is -2.41. The molecule has 1 rings (SSSR count). The summed E-state index contributed by atoms with van der Waals surface area (Å²) in [7, 11) is 0. The van der Waals surface area contributed by atoms with Crippen LogP contribution in [0.5, 0.6) is 0 Å². The van der Waals surface area contributed by atoms with Gasteiger partial charge in [-0.2, -0.15) is 0 Å². The van der Waals surface area contributed by atoms with Crippen LogP contribution < -0.4 is 0 Å². The minimum absolute atomic E-state index is 0.358. The van der Waals surface area contributed by atoms with Crippen LogP contribution in [0.25, 0.3) is 0 Å². The molecule has 0 aromatic carbocycles. The van der Waals surface area contributed by atoms with E-state index in [-0.39, 0.29) is 5.79 Å². The molecule has 0 saturated carbocycles. The lowest BCUT2D eigenvalue weighted by atomic mass is 9.72. The van der Waals surface area contributed by atoms with Gasteiger partial charge in [0.1, 0.15) is 0 Å². The van der Waals surface area contributed by atoms with Crippen LogP contribution >= 0.6 is 0 Å². The van der Waals surface area contributed by atoms with Crippen LogP contribution in [0.2, 0.25) is 0 Å². The zero-order valence-electron chi connectivity index (χ0n) is 12.7. The summed E-state index contributed by atoms with van der Waals surface area (Å²) >= 11 is 0. The van der Waals surface area contributed by atoms with Crippen molar-refractivity contribution in [3.63, 3.8) is 0 Å². The van der Waals surface area contributed by atoms with Gasteiger partial charge in [0.25, 0.3) is 0 Å². The molecule has 1 saturated heterocycles. The van der Waals surface area contributed by atoms with Crippen LogP contribution in [0.3, 0.4) is 0 Å². The Labute approximate surface area is 107 Å². The molecule has 2 nitrogen and oxygen atoms in total. The predicted molar refractivity (Wildman–Crippen MR) is 71.9 cm³/mol. The maximum Gasteiger partial charge on any atom is 0.162 e. The molecule has 0 atom stereocenters.